The van der Waals surface area contributed by atoms with Crippen molar-refractivity contribution < 1.29 is 14.7 Å². The van der Waals surface area contributed by atoms with E-state index in [4.69, 9.17) is 5.11 Å². The van der Waals surface area contributed by atoms with E-state index >= 15 is 0 Å². The lowest BCUT2D eigenvalue weighted by Crippen LogP contribution is -2.38. The number of amides is 2. The van der Waals surface area contributed by atoms with Gasteiger partial charge in [-0.3, -0.25) is 4.79 Å². The highest BCUT2D eigenvalue weighted by molar-refractivity contribution is 5.73. The Hall–Kier alpha value is -2.12. The van der Waals surface area contributed by atoms with E-state index < -0.39 is 5.97 Å². The molecule has 1 rings (SSSR count). The number of nitrogens with one attached hydrogen (secondary N) is 1. The van der Waals surface area contributed by atoms with Crippen LogP contribution in [0.1, 0.15) is 18.7 Å². The smallest absolute Gasteiger partial charge is 0.317 e. The molecule has 8 heteroatoms. The average molecular weight is 255 g/mol. The van der Waals surface area contributed by atoms with Gasteiger partial charge in [0.25, 0.3) is 0 Å². The van der Waals surface area contributed by atoms with Crippen LogP contribution < -0.4 is 5.32 Å². The predicted octanol–water partition coefficient (Wildman–Crippen LogP) is -0.179. The van der Waals surface area contributed by atoms with Crippen LogP contribution in [0.15, 0.2) is 6.33 Å². The Kier molecular flexibility index (Phi) is 5.09. The number of rotatable bonds is 6. The molecule has 1 aromatic heterocycles. The summed E-state index contributed by atoms with van der Waals surface area (Å²) in [4.78, 5) is 23.4. The van der Waals surface area contributed by atoms with Crippen molar-refractivity contribution in [3.05, 3.63) is 12.2 Å². The maximum atomic E-state index is 11.6. The second kappa shape index (κ2) is 6.58. The Morgan fingerprint density at radius 1 is 1.56 bits per heavy atom. The van der Waals surface area contributed by atoms with Crippen molar-refractivity contribution in [2.75, 3.05) is 13.6 Å². The van der Waals surface area contributed by atoms with Gasteiger partial charge >= 0.3 is 12.0 Å². The average Bonchev–Trinajstić information content (AvgIpc) is 2.71. The number of aryl methyl sites for hydroxylation is 1. The standard InChI is InChI=1S/C10H17N5O3/c1-14(5-3-4-9(16)17)10(18)11-6-8-13-12-7-15(8)2/h7H,3-6H2,1-2H3,(H,11,18)(H,16,17). The first kappa shape index (κ1) is 13.9. The second-order valence-corrected chi connectivity index (χ2v) is 3.94. The third kappa shape index (κ3) is 4.40. The zero-order chi connectivity index (χ0) is 13.5. The summed E-state index contributed by atoms with van der Waals surface area (Å²) in [5.41, 5.74) is 0. The number of carbonyl (C=O) groups is 2. The quantitative estimate of drug-likeness (QED) is 0.734. The summed E-state index contributed by atoms with van der Waals surface area (Å²) in [7, 11) is 3.41. The lowest BCUT2D eigenvalue weighted by Gasteiger charge is -2.17. The van der Waals surface area contributed by atoms with E-state index in [1.807, 2.05) is 0 Å². The molecule has 2 amide bonds. The second-order valence-electron chi connectivity index (χ2n) is 3.94. The minimum atomic E-state index is -0.858. The fourth-order valence-corrected chi connectivity index (χ4v) is 1.33. The van der Waals surface area contributed by atoms with Gasteiger partial charge in [0.2, 0.25) is 0 Å². The minimum absolute atomic E-state index is 0.0565. The zero-order valence-corrected chi connectivity index (χ0v) is 10.5. The Bertz CT molecular complexity index is 417. The molecule has 0 aliphatic heterocycles. The highest BCUT2D eigenvalue weighted by Gasteiger charge is 2.09. The molecule has 1 heterocycles. The molecule has 0 bridgehead atoms. The molecule has 0 unspecified atom stereocenters. The van der Waals surface area contributed by atoms with Gasteiger partial charge in [0.1, 0.15) is 6.33 Å². The molecule has 0 aromatic carbocycles. The van der Waals surface area contributed by atoms with Gasteiger partial charge in [0.15, 0.2) is 5.82 Å². The maximum Gasteiger partial charge on any atom is 0.317 e. The fraction of sp³-hybridized carbons (Fsp3) is 0.600. The summed E-state index contributed by atoms with van der Waals surface area (Å²) in [6.07, 6.45) is 2.04. The van der Waals surface area contributed by atoms with Crippen molar-refractivity contribution in [1.29, 1.82) is 0 Å². The molecule has 1 aromatic rings. The molecule has 0 aliphatic rings. The largest absolute Gasteiger partial charge is 0.481 e. The van der Waals surface area contributed by atoms with Crippen LogP contribution in [-0.2, 0) is 18.4 Å². The molecule has 100 valence electrons. The van der Waals surface area contributed by atoms with E-state index in [0.717, 1.165) is 0 Å². The lowest BCUT2D eigenvalue weighted by molar-refractivity contribution is -0.137. The van der Waals surface area contributed by atoms with Crippen LogP contribution in [0.4, 0.5) is 4.79 Å². The van der Waals surface area contributed by atoms with Crippen LogP contribution in [0.2, 0.25) is 0 Å². The number of carboxylic acid groups (broad SMARTS) is 1. The molecule has 0 atom stereocenters. The Labute approximate surface area is 105 Å². The monoisotopic (exact) mass is 255 g/mol. The summed E-state index contributed by atoms with van der Waals surface area (Å²) >= 11 is 0. The first-order chi connectivity index (χ1) is 8.50. The Morgan fingerprint density at radius 3 is 2.83 bits per heavy atom. The molecule has 0 fully saturated rings. The fourth-order valence-electron chi connectivity index (χ4n) is 1.33. The van der Waals surface area contributed by atoms with E-state index in [-0.39, 0.29) is 12.5 Å². The van der Waals surface area contributed by atoms with Crippen molar-refractivity contribution in [2.45, 2.75) is 19.4 Å². The van der Waals surface area contributed by atoms with Crippen LogP contribution >= 0.6 is 0 Å². The Morgan fingerprint density at radius 2 is 2.28 bits per heavy atom. The summed E-state index contributed by atoms with van der Waals surface area (Å²) in [5.74, 6) is -0.204. The third-order valence-corrected chi connectivity index (χ3v) is 2.43. The number of aliphatic carboxylic acids is 1. The normalized spacial score (nSPS) is 10.1. The molecule has 2 N–H and O–H groups in total. The Balaban J connectivity index is 2.27. The lowest BCUT2D eigenvalue weighted by atomic mass is 10.3. The highest BCUT2D eigenvalue weighted by Crippen LogP contribution is 1.95. The van der Waals surface area contributed by atoms with E-state index in [9.17, 15) is 9.59 Å². The molecule has 0 saturated carbocycles. The molecule has 0 spiro atoms. The molecule has 18 heavy (non-hydrogen) atoms. The summed E-state index contributed by atoms with van der Waals surface area (Å²) in [6, 6.07) is -0.261. The van der Waals surface area contributed by atoms with Gasteiger partial charge in [-0.15, -0.1) is 10.2 Å². The van der Waals surface area contributed by atoms with Crippen molar-refractivity contribution in [3.63, 3.8) is 0 Å². The van der Waals surface area contributed by atoms with Crippen molar-refractivity contribution in [2.24, 2.45) is 7.05 Å². The van der Waals surface area contributed by atoms with E-state index in [1.54, 1.807) is 25.0 Å². The molecule has 0 saturated heterocycles. The number of nitrogens with zero attached hydrogens (tertiary/aromatic N) is 4. The molecular weight excluding hydrogens is 238 g/mol. The van der Waals surface area contributed by atoms with Crippen LogP contribution in [0.25, 0.3) is 0 Å². The first-order valence-electron chi connectivity index (χ1n) is 5.54. The van der Waals surface area contributed by atoms with E-state index in [1.165, 1.54) is 4.90 Å². The van der Waals surface area contributed by atoms with Gasteiger partial charge in [0, 0.05) is 27.1 Å². The number of hydrogen-bond donors (Lipinski definition) is 2. The van der Waals surface area contributed by atoms with Gasteiger partial charge < -0.3 is 19.9 Å². The van der Waals surface area contributed by atoms with Crippen molar-refractivity contribution in [1.82, 2.24) is 25.0 Å². The van der Waals surface area contributed by atoms with Crippen LogP contribution in [0.3, 0.4) is 0 Å². The molecule has 0 radical (unpaired) electrons. The van der Waals surface area contributed by atoms with Gasteiger partial charge in [-0.05, 0) is 6.42 Å². The van der Waals surface area contributed by atoms with Gasteiger partial charge in [0.05, 0.1) is 6.54 Å². The first-order valence-corrected chi connectivity index (χ1v) is 5.54. The number of hydrogen-bond acceptors (Lipinski definition) is 4. The maximum absolute atomic E-state index is 11.6. The van der Waals surface area contributed by atoms with E-state index in [2.05, 4.69) is 15.5 Å². The SMILES string of the molecule is CN(CCCC(=O)O)C(=O)NCc1nncn1C. The number of urea groups is 1. The van der Waals surface area contributed by atoms with Crippen molar-refractivity contribution >= 4 is 12.0 Å². The summed E-state index contributed by atoms with van der Waals surface area (Å²) in [5, 5.41) is 18.7. The van der Waals surface area contributed by atoms with Gasteiger partial charge in [-0.2, -0.15) is 0 Å². The number of carboxylic acids is 1. The minimum Gasteiger partial charge on any atom is -0.481 e. The predicted molar refractivity (Wildman–Crippen MR) is 62.7 cm³/mol. The highest BCUT2D eigenvalue weighted by atomic mass is 16.4. The molecule has 0 aliphatic carbocycles. The summed E-state index contributed by atoms with van der Waals surface area (Å²) in [6.45, 7) is 0.690. The van der Waals surface area contributed by atoms with Crippen LogP contribution in [0, 0.1) is 0 Å². The van der Waals surface area contributed by atoms with Gasteiger partial charge in [-0.1, -0.05) is 0 Å². The van der Waals surface area contributed by atoms with Crippen LogP contribution in [0.5, 0.6) is 0 Å². The third-order valence-electron chi connectivity index (χ3n) is 2.43. The molecule has 8 nitrogen and oxygen atoms in total. The topological polar surface area (TPSA) is 100 Å². The van der Waals surface area contributed by atoms with Crippen LogP contribution in [-0.4, -0.2) is 50.4 Å². The van der Waals surface area contributed by atoms with E-state index in [0.29, 0.717) is 25.3 Å². The summed E-state index contributed by atoms with van der Waals surface area (Å²) < 4.78 is 1.71. The van der Waals surface area contributed by atoms with Gasteiger partial charge in [-0.25, -0.2) is 4.79 Å². The van der Waals surface area contributed by atoms with Crippen molar-refractivity contribution in [3.8, 4) is 0 Å². The molecular formula is C10H17N5O3. The number of aromatic nitrogens is 3. The number of carbonyl (C=O) groups excluding carboxylic acids is 1. The zero-order valence-electron chi connectivity index (χ0n) is 10.5.